The molecule has 1 aromatic rings. The standard InChI is InChI=1S/C20H26N2O.C2HF3O2/c21-13-15-2-1-3-17(11-15)16-6-8-22(9-7-16)20(23)19-12-14-4-5-18(19)10-14;3-2(4,5)1(6)7/h1-5,11,14,16,18-19H,6-10,12-13,21H2;(H,6,7). The van der Waals surface area contributed by atoms with Crippen molar-refractivity contribution in [1.29, 1.82) is 0 Å². The van der Waals surface area contributed by atoms with Gasteiger partial charge in [0.05, 0.1) is 0 Å². The van der Waals surface area contributed by atoms with Gasteiger partial charge in [0.1, 0.15) is 0 Å². The van der Waals surface area contributed by atoms with Gasteiger partial charge in [0, 0.05) is 25.6 Å². The number of carbonyl (C=O) groups is 2. The van der Waals surface area contributed by atoms with Crippen LogP contribution in [0.25, 0.3) is 0 Å². The Balaban J connectivity index is 0.000000318. The van der Waals surface area contributed by atoms with Gasteiger partial charge in [0.15, 0.2) is 0 Å². The fourth-order valence-corrected chi connectivity index (χ4v) is 4.71. The van der Waals surface area contributed by atoms with Gasteiger partial charge in [-0.05, 0) is 54.6 Å². The van der Waals surface area contributed by atoms with E-state index in [1.165, 1.54) is 17.5 Å². The second-order valence-electron chi connectivity index (χ2n) is 8.24. The molecular formula is C22H27F3N2O3. The highest BCUT2D eigenvalue weighted by molar-refractivity contribution is 5.80. The van der Waals surface area contributed by atoms with Crippen molar-refractivity contribution in [1.82, 2.24) is 4.90 Å². The smallest absolute Gasteiger partial charge is 0.475 e. The second kappa shape index (κ2) is 9.20. The molecule has 2 aliphatic carbocycles. The SMILES string of the molecule is NCc1cccc(C2CCN(C(=O)C3CC4C=CC3C4)CC2)c1.O=C(O)C(F)(F)F. The van der Waals surface area contributed by atoms with Gasteiger partial charge in [-0.15, -0.1) is 0 Å². The van der Waals surface area contributed by atoms with Gasteiger partial charge < -0.3 is 15.7 Å². The van der Waals surface area contributed by atoms with Gasteiger partial charge in [0.2, 0.25) is 5.91 Å². The predicted octanol–water partition coefficient (Wildman–Crippen LogP) is 3.70. The molecule has 2 bridgehead atoms. The highest BCUT2D eigenvalue weighted by Crippen LogP contribution is 2.44. The molecule has 1 saturated carbocycles. The van der Waals surface area contributed by atoms with E-state index in [2.05, 4.69) is 41.3 Å². The van der Waals surface area contributed by atoms with Crippen LogP contribution in [0, 0.1) is 17.8 Å². The first kappa shape index (κ1) is 22.3. The number of amides is 1. The fourth-order valence-electron chi connectivity index (χ4n) is 4.71. The Morgan fingerprint density at radius 2 is 1.80 bits per heavy atom. The summed E-state index contributed by atoms with van der Waals surface area (Å²) in [4.78, 5) is 23.8. The van der Waals surface area contributed by atoms with Gasteiger partial charge in [-0.25, -0.2) is 4.79 Å². The number of fused-ring (bicyclic) bond motifs is 2. The van der Waals surface area contributed by atoms with Crippen LogP contribution in [-0.4, -0.2) is 41.1 Å². The van der Waals surface area contributed by atoms with Gasteiger partial charge >= 0.3 is 12.1 Å². The molecule has 1 aliphatic heterocycles. The zero-order valence-electron chi connectivity index (χ0n) is 16.6. The number of carbonyl (C=O) groups excluding carboxylic acids is 1. The topological polar surface area (TPSA) is 83.6 Å². The highest BCUT2D eigenvalue weighted by Gasteiger charge is 2.42. The number of carboxylic acids is 1. The van der Waals surface area contributed by atoms with Crippen LogP contribution >= 0.6 is 0 Å². The lowest BCUT2D eigenvalue weighted by molar-refractivity contribution is -0.192. The van der Waals surface area contributed by atoms with Crippen molar-refractivity contribution in [2.45, 2.75) is 44.3 Å². The lowest BCUT2D eigenvalue weighted by Gasteiger charge is -2.35. The van der Waals surface area contributed by atoms with Crippen molar-refractivity contribution in [3.63, 3.8) is 0 Å². The molecule has 4 rings (SSSR count). The van der Waals surface area contributed by atoms with E-state index in [0.717, 1.165) is 32.4 Å². The molecule has 3 unspecified atom stereocenters. The van der Waals surface area contributed by atoms with Crippen molar-refractivity contribution in [2.75, 3.05) is 13.1 Å². The summed E-state index contributed by atoms with van der Waals surface area (Å²) in [7, 11) is 0. The quantitative estimate of drug-likeness (QED) is 0.725. The van der Waals surface area contributed by atoms with Crippen LogP contribution in [-0.2, 0) is 16.1 Å². The monoisotopic (exact) mass is 424 g/mol. The Morgan fingerprint density at radius 3 is 2.30 bits per heavy atom. The largest absolute Gasteiger partial charge is 0.490 e. The Labute approximate surface area is 173 Å². The van der Waals surface area contributed by atoms with Crippen molar-refractivity contribution < 1.29 is 27.9 Å². The number of nitrogens with zero attached hydrogens (tertiary/aromatic N) is 1. The predicted molar refractivity (Wildman–Crippen MR) is 105 cm³/mol. The van der Waals surface area contributed by atoms with Gasteiger partial charge in [0.25, 0.3) is 0 Å². The summed E-state index contributed by atoms with van der Waals surface area (Å²) >= 11 is 0. The molecule has 164 valence electrons. The molecular weight excluding hydrogens is 397 g/mol. The Bertz CT molecular complexity index is 801. The Hall–Kier alpha value is -2.35. The molecule has 30 heavy (non-hydrogen) atoms. The first-order chi connectivity index (χ1) is 14.2. The first-order valence-corrected chi connectivity index (χ1v) is 10.2. The number of carboxylic acid groups (broad SMARTS) is 1. The van der Waals surface area contributed by atoms with Gasteiger partial charge in [-0.3, -0.25) is 4.79 Å². The third-order valence-electron chi connectivity index (χ3n) is 6.30. The summed E-state index contributed by atoms with van der Waals surface area (Å²) in [6, 6.07) is 8.65. The molecule has 1 saturated heterocycles. The number of aliphatic carboxylic acids is 1. The summed E-state index contributed by atoms with van der Waals surface area (Å²) < 4.78 is 31.7. The van der Waals surface area contributed by atoms with E-state index < -0.39 is 12.1 Å². The number of benzene rings is 1. The number of hydrogen-bond acceptors (Lipinski definition) is 3. The van der Waals surface area contributed by atoms with Crippen molar-refractivity contribution in [3.05, 3.63) is 47.5 Å². The number of alkyl halides is 3. The van der Waals surface area contributed by atoms with Crippen LogP contribution in [0.15, 0.2) is 36.4 Å². The van der Waals surface area contributed by atoms with E-state index >= 15 is 0 Å². The van der Waals surface area contributed by atoms with Crippen molar-refractivity contribution in [2.24, 2.45) is 23.5 Å². The number of piperidine rings is 1. The summed E-state index contributed by atoms with van der Waals surface area (Å²) in [5, 5.41) is 7.12. The Kier molecular flexibility index (Phi) is 6.85. The summed E-state index contributed by atoms with van der Waals surface area (Å²) in [6.45, 7) is 2.42. The van der Waals surface area contributed by atoms with Gasteiger partial charge in [-0.1, -0.05) is 36.4 Å². The minimum Gasteiger partial charge on any atom is -0.475 e. The van der Waals surface area contributed by atoms with Crippen molar-refractivity contribution >= 4 is 11.9 Å². The zero-order chi connectivity index (χ0) is 21.9. The third-order valence-corrected chi connectivity index (χ3v) is 6.30. The zero-order valence-corrected chi connectivity index (χ0v) is 16.6. The minimum atomic E-state index is -5.08. The molecule has 3 N–H and O–H groups in total. The van der Waals surface area contributed by atoms with Crippen LogP contribution < -0.4 is 5.73 Å². The van der Waals surface area contributed by atoms with Crippen molar-refractivity contribution in [3.8, 4) is 0 Å². The molecule has 3 atom stereocenters. The molecule has 5 nitrogen and oxygen atoms in total. The first-order valence-electron chi connectivity index (χ1n) is 10.2. The van der Waals surface area contributed by atoms with E-state index in [1.807, 2.05) is 0 Å². The molecule has 0 radical (unpaired) electrons. The normalized spacial score (nSPS) is 25.7. The average Bonchev–Trinajstić information content (AvgIpc) is 3.37. The summed E-state index contributed by atoms with van der Waals surface area (Å²) in [5.41, 5.74) is 8.35. The highest BCUT2D eigenvalue weighted by atomic mass is 19.4. The molecule has 1 heterocycles. The molecule has 1 amide bonds. The fraction of sp³-hybridized carbons (Fsp3) is 0.545. The van der Waals surface area contributed by atoms with E-state index in [-0.39, 0.29) is 5.92 Å². The third kappa shape index (κ3) is 5.22. The van der Waals surface area contributed by atoms with Crippen LogP contribution in [0.4, 0.5) is 13.2 Å². The van der Waals surface area contributed by atoms with E-state index in [0.29, 0.717) is 30.2 Å². The number of rotatable bonds is 3. The number of halogens is 3. The Morgan fingerprint density at radius 1 is 1.13 bits per heavy atom. The van der Waals surface area contributed by atoms with E-state index in [9.17, 15) is 18.0 Å². The maximum absolute atomic E-state index is 12.8. The molecule has 0 spiro atoms. The molecule has 1 aromatic carbocycles. The molecule has 3 aliphatic rings. The van der Waals surface area contributed by atoms with Crippen LogP contribution in [0.1, 0.15) is 42.7 Å². The van der Waals surface area contributed by atoms with Gasteiger partial charge in [-0.2, -0.15) is 13.2 Å². The number of hydrogen-bond donors (Lipinski definition) is 2. The molecule has 2 fully saturated rings. The number of nitrogens with two attached hydrogens (primary N) is 1. The molecule has 8 heteroatoms. The average molecular weight is 424 g/mol. The second-order valence-corrected chi connectivity index (χ2v) is 8.24. The van der Waals surface area contributed by atoms with Crippen LogP contribution in [0.3, 0.4) is 0 Å². The maximum atomic E-state index is 12.8. The maximum Gasteiger partial charge on any atom is 0.490 e. The number of allylic oxidation sites excluding steroid dienone is 2. The lowest BCUT2D eigenvalue weighted by Crippen LogP contribution is -2.42. The summed E-state index contributed by atoms with van der Waals surface area (Å²) in [5.74, 6) is -0.312. The number of likely N-dealkylation sites (tertiary alicyclic amines) is 1. The van der Waals surface area contributed by atoms with Crippen LogP contribution in [0.5, 0.6) is 0 Å². The van der Waals surface area contributed by atoms with E-state index in [4.69, 9.17) is 15.6 Å². The van der Waals surface area contributed by atoms with E-state index in [1.54, 1.807) is 0 Å². The summed E-state index contributed by atoms with van der Waals surface area (Å²) in [6.07, 6.45) is 3.96. The lowest BCUT2D eigenvalue weighted by atomic mass is 9.87. The minimum absolute atomic E-state index is 0.266. The van der Waals surface area contributed by atoms with Crippen LogP contribution in [0.2, 0.25) is 0 Å². The molecule has 0 aromatic heterocycles.